The number of hydrogen-bond acceptors (Lipinski definition) is 7. The molecule has 10 heteroatoms. The number of halogens is 1. The first-order chi connectivity index (χ1) is 12.9. The molecule has 0 atom stereocenters. The van der Waals surface area contributed by atoms with Gasteiger partial charge in [-0.25, -0.2) is 9.38 Å². The first-order valence-corrected chi connectivity index (χ1v) is 8.29. The predicted octanol–water partition coefficient (Wildman–Crippen LogP) is 3.34. The van der Waals surface area contributed by atoms with Gasteiger partial charge >= 0.3 is 5.69 Å². The van der Waals surface area contributed by atoms with Crippen LogP contribution >= 0.6 is 11.8 Å². The van der Waals surface area contributed by atoms with Crippen molar-refractivity contribution in [3.8, 4) is 11.5 Å². The summed E-state index contributed by atoms with van der Waals surface area (Å²) in [6.07, 6.45) is 1.42. The van der Waals surface area contributed by atoms with Crippen molar-refractivity contribution < 1.29 is 24.0 Å². The number of benzene rings is 2. The summed E-state index contributed by atoms with van der Waals surface area (Å²) in [5.41, 5.74) is 0.226. The van der Waals surface area contributed by atoms with E-state index >= 15 is 0 Å². The molecule has 0 saturated carbocycles. The number of nitrogens with zero attached hydrogens (tertiary/aromatic N) is 2. The lowest BCUT2D eigenvalue weighted by molar-refractivity contribution is -0.386. The normalized spacial score (nSPS) is 16.6. The highest BCUT2D eigenvalue weighted by molar-refractivity contribution is 8.18. The van der Waals surface area contributed by atoms with E-state index in [0.29, 0.717) is 11.3 Å². The number of nitro benzene ring substituents is 1. The number of carbonyl (C=O) groups is 1. The molecule has 1 heterocycles. The van der Waals surface area contributed by atoms with E-state index < -0.39 is 28.1 Å². The summed E-state index contributed by atoms with van der Waals surface area (Å²) in [5.74, 6) is -1.51. The van der Waals surface area contributed by atoms with Crippen molar-refractivity contribution in [1.29, 1.82) is 0 Å². The SMILES string of the molecule is COc1cc(/C=C2/SC(=Nc3ccc(F)cc3)NC2=O)cc([N+](=O)[O-])c1O. The molecular formula is C17H12FN3O5S. The van der Waals surface area contributed by atoms with Crippen molar-refractivity contribution in [1.82, 2.24) is 5.32 Å². The van der Waals surface area contributed by atoms with Gasteiger partial charge in [0, 0.05) is 6.07 Å². The average molecular weight is 389 g/mol. The average Bonchev–Trinajstić information content (AvgIpc) is 2.97. The number of phenolic OH excluding ortho intramolecular Hbond substituents is 1. The van der Waals surface area contributed by atoms with Crippen molar-refractivity contribution in [2.24, 2.45) is 4.99 Å². The summed E-state index contributed by atoms with van der Waals surface area (Å²) >= 11 is 1.03. The topological polar surface area (TPSA) is 114 Å². The highest BCUT2D eigenvalue weighted by Gasteiger charge is 2.25. The lowest BCUT2D eigenvalue weighted by Crippen LogP contribution is -2.19. The fourth-order valence-corrected chi connectivity index (χ4v) is 3.10. The second-order valence-corrected chi connectivity index (χ2v) is 6.34. The van der Waals surface area contributed by atoms with Gasteiger partial charge in [0.25, 0.3) is 5.91 Å². The fraction of sp³-hybridized carbons (Fsp3) is 0.0588. The third-order valence-electron chi connectivity index (χ3n) is 3.50. The summed E-state index contributed by atoms with van der Waals surface area (Å²) in [7, 11) is 1.26. The molecule has 1 aliphatic rings. The number of rotatable bonds is 4. The van der Waals surface area contributed by atoms with Crippen LogP contribution in [0, 0.1) is 15.9 Å². The van der Waals surface area contributed by atoms with Crippen LogP contribution < -0.4 is 10.1 Å². The number of aliphatic imine (C=N–C) groups is 1. The first-order valence-electron chi connectivity index (χ1n) is 7.48. The zero-order valence-corrected chi connectivity index (χ0v) is 14.6. The van der Waals surface area contributed by atoms with Crippen molar-refractivity contribution in [3.63, 3.8) is 0 Å². The van der Waals surface area contributed by atoms with Gasteiger partial charge in [-0.2, -0.15) is 0 Å². The monoisotopic (exact) mass is 389 g/mol. The van der Waals surface area contributed by atoms with Crippen molar-refractivity contribution in [3.05, 3.63) is 62.8 Å². The summed E-state index contributed by atoms with van der Waals surface area (Å²) in [4.78, 5) is 26.9. The lowest BCUT2D eigenvalue weighted by atomic mass is 10.1. The van der Waals surface area contributed by atoms with Crippen LogP contribution in [-0.2, 0) is 4.79 Å². The van der Waals surface area contributed by atoms with E-state index in [0.717, 1.165) is 17.8 Å². The molecule has 3 rings (SSSR count). The number of hydrogen-bond donors (Lipinski definition) is 2. The molecule has 1 amide bonds. The Hall–Kier alpha value is -3.40. The molecule has 2 aromatic rings. The molecule has 1 saturated heterocycles. The number of amidine groups is 1. The molecule has 138 valence electrons. The molecule has 0 aromatic heterocycles. The Balaban J connectivity index is 1.91. The number of phenols is 1. The highest BCUT2D eigenvalue weighted by atomic mass is 32.2. The molecule has 2 aromatic carbocycles. The van der Waals surface area contributed by atoms with E-state index in [9.17, 15) is 24.4 Å². The van der Waals surface area contributed by atoms with E-state index in [1.165, 1.54) is 43.5 Å². The van der Waals surface area contributed by atoms with Crippen LogP contribution in [0.1, 0.15) is 5.56 Å². The number of carbonyl (C=O) groups excluding carboxylic acids is 1. The second kappa shape index (κ2) is 7.46. The number of methoxy groups -OCH3 is 1. The Morgan fingerprint density at radius 2 is 2.04 bits per heavy atom. The van der Waals surface area contributed by atoms with Crippen LogP contribution in [0.5, 0.6) is 11.5 Å². The third kappa shape index (κ3) is 4.06. The molecule has 0 unspecified atom stereocenters. The molecule has 0 bridgehead atoms. The molecule has 1 fully saturated rings. The molecule has 2 N–H and O–H groups in total. The zero-order chi connectivity index (χ0) is 19.6. The van der Waals surface area contributed by atoms with Gasteiger partial charge in [-0.3, -0.25) is 14.9 Å². The van der Waals surface area contributed by atoms with Gasteiger partial charge in [-0.1, -0.05) is 0 Å². The van der Waals surface area contributed by atoms with Crippen molar-refractivity contribution in [2.75, 3.05) is 7.11 Å². The van der Waals surface area contributed by atoms with E-state index in [1.54, 1.807) is 0 Å². The largest absolute Gasteiger partial charge is 0.500 e. The summed E-state index contributed by atoms with van der Waals surface area (Å²) in [6, 6.07) is 7.93. The maximum atomic E-state index is 12.9. The predicted molar refractivity (Wildman–Crippen MR) is 98.5 cm³/mol. The van der Waals surface area contributed by atoms with E-state index in [-0.39, 0.29) is 15.8 Å². The van der Waals surface area contributed by atoms with Gasteiger partial charge in [-0.05, 0) is 53.7 Å². The van der Waals surface area contributed by atoms with Crippen LogP contribution in [0.4, 0.5) is 15.8 Å². The minimum atomic E-state index is -0.747. The number of ether oxygens (including phenoxy) is 1. The Morgan fingerprint density at radius 3 is 2.67 bits per heavy atom. The van der Waals surface area contributed by atoms with Gasteiger partial charge in [0.1, 0.15) is 5.82 Å². The number of amides is 1. The Bertz CT molecular complexity index is 989. The second-order valence-electron chi connectivity index (χ2n) is 5.31. The van der Waals surface area contributed by atoms with Crippen LogP contribution in [0.2, 0.25) is 0 Å². The van der Waals surface area contributed by atoms with Crippen molar-refractivity contribution >= 4 is 40.3 Å². The van der Waals surface area contributed by atoms with Gasteiger partial charge in [0.2, 0.25) is 5.75 Å². The molecule has 8 nitrogen and oxygen atoms in total. The number of nitro groups is 1. The van der Waals surface area contributed by atoms with Crippen LogP contribution in [-0.4, -0.2) is 28.2 Å². The van der Waals surface area contributed by atoms with Gasteiger partial charge in [-0.15, -0.1) is 0 Å². The molecule has 0 aliphatic carbocycles. The highest BCUT2D eigenvalue weighted by Crippen LogP contribution is 2.38. The third-order valence-corrected chi connectivity index (χ3v) is 4.41. The molecule has 27 heavy (non-hydrogen) atoms. The number of nitrogens with one attached hydrogen (secondary N) is 1. The van der Waals surface area contributed by atoms with Gasteiger partial charge in [0.15, 0.2) is 10.9 Å². The smallest absolute Gasteiger partial charge is 0.315 e. The van der Waals surface area contributed by atoms with E-state index in [2.05, 4.69) is 10.3 Å². The standard InChI is InChI=1S/C17H12FN3O5S/c1-26-13-7-9(6-12(15(13)22)21(24)25)8-14-16(23)20-17(27-14)19-11-4-2-10(18)3-5-11/h2-8,22H,1H3,(H,19,20,23)/b14-8+. The molecule has 1 aliphatic heterocycles. The number of thioether (sulfide) groups is 1. The van der Waals surface area contributed by atoms with Crippen LogP contribution in [0.25, 0.3) is 6.08 Å². The van der Waals surface area contributed by atoms with E-state index in [1.807, 2.05) is 0 Å². The van der Waals surface area contributed by atoms with Gasteiger partial charge in [0.05, 0.1) is 22.6 Å². The van der Waals surface area contributed by atoms with Gasteiger partial charge < -0.3 is 15.2 Å². The van der Waals surface area contributed by atoms with Crippen LogP contribution in [0.3, 0.4) is 0 Å². The molecular weight excluding hydrogens is 377 g/mol. The van der Waals surface area contributed by atoms with Crippen molar-refractivity contribution in [2.45, 2.75) is 0 Å². The number of aromatic hydroxyl groups is 1. The molecule has 0 spiro atoms. The lowest BCUT2D eigenvalue weighted by Gasteiger charge is -2.05. The molecule has 0 radical (unpaired) electrons. The minimum absolute atomic E-state index is 0.0837. The maximum Gasteiger partial charge on any atom is 0.315 e. The summed E-state index contributed by atoms with van der Waals surface area (Å²) in [5, 5.41) is 23.7. The van der Waals surface area contributed by atoms with E-state index in [4.69, 9.17) is 4.74 Å². The maximum absolute atomic E-state index is 12.9. The Labute approximate surface area is 156 Å². The summed E-state index contributed by atoms with van der Waals surface area (Å²) in [6.45, 7) is 0. The summed E-state index contributed by atoms with van der Waals surface area (Å²) < 4.78 is 17.9. The first kappa shape index (κ1) is 18.4. The van der Waals surface area contributed by atoms with Crippen LogP contribution in [0.15, 0.2) is 46.3 Å². The Morgan fingerprint density at radius 1 is 1.33 bits per heavy atom. The quantitative estimate of drug-likeness (QED) is 0.471. The Kier molecular flexibility index (Phi) is 5.08. The minimum Gasteiger partial charge on any atom is -0.500 e. The fourth-order valence-electron chi connectivity index (χ4n) is 2.26. The zero-order valence-electron chi connectivity index (χ0n) is 13.8.